The number of ether oxygens (including phenoxy) is 2. The van der Waals surface area contributed by atoms with Gasteiger partial charge in [-0.2, -0.15) is 13.2 Å². The highest BCUT2D eigenvalue weighted by molar-refractivity contribution is 5.91. The Hall–Kier alpha value is -3.23. The molecule has 0 aliphatic heterocycles. The fourth-order valence-electron chi connectivity index (χ4n) is 1.89. The van der Waals surface area contributed by atoms with E-state index in [1.807, 2.05) is 0 Å². The largest absolute Gasteiger partial charge is 0.484 e. The van der Waals surface area contributed by atoms with Gasteiger partial charge in [-0.05, 0) is 48.5 Å². The van der Waals surface area contributed by atoms with Gasteiger partial charge < -0.3 is 14.8 Å². The second kappa shape index (κ2) is 8.24. The summed E-state index contributed by atoms with van der Waals surface area (Å²) in [7, 11) is 1.24. The average Bonchev–Trinajstić information content (AvgIpc) is 2.60. The summed E-state index contributed by atoms with van der Waals surface area (Å²) in [5.74, 6) is -0.149. The third-order valence-corrected chi connectivity index (χ3v) is 3.15. The molecule has 2 amide bonds. The zero-order valence-corrected chi connectivity index (χ0v) is 13.6. The minimum absolute atomic E-state index is 0.226. The highest BCUT2D eigenvalue weighted by atomic mass is 19.4. The van der Waals surface area contributed by atoms with Crippen molar-refractivity contribution in [3.8, 4) is 5.75 Å². The number of benzene rings is 2. The molecule has 0 aliphatic rings. The van der Waals surface area contributed by atoms with Crippen molar-refractivity contribution < 1.29 is 32.2 Å². The van der Waals surface area contributed by atoms with Crippen molar-refractivity contribution in [3.05, 3.63) is 54.1 Å². The third-order valence-electron chi connectivity index (χ3n) is 3.15. The van der Waals surface area contributed by atoms with Gasteiger partial charge in [-0.1, -0.05) is 0 Å². The number of nitrogens with one attached hydrogen (secondary N) is 2. The summed E-state index contributed by atoms with van der Waals surface area (Å²) >= 11 is 0. The lowest BCUT2D eigenvalue weighted by Crippen LogP contribution is -2.20. The summed E-state index contributed by atoms with van der Waals surface area (Å²) in [6.07, 6.45) is -5.05. The summed E-state index contributed by atoms with van der Waals surface area (Å²) < 4.78 is 47.1. The first-order valence-corrected chi connectivity index (χ1v) is 7.33. The topological polar surface area (TPSA) is 76.7 Å². The van der Waals surface area contributed by atoms with Gasteiger partial charge in [0.2, 0.25) is 0 Å². The molecule has 138 valence electrons. The molecule has 0 atom stereocenters. The Morgan fingerprint density at radius 2 is 1.46 bits per heavy atom. The Bertz CT molecular complexity index is 759. The zero-order valence-electron chi connectivity index (χ0n) is 13.6. The van der Waals surface area contributed by atoms with Crippen molar-refractivity contribution in [3.63, 3.8) is 0 Å². The molecule has 2 rings (SSSR count). The van der Waals surface area contributed by atoms with Crippen LogP contribution >= 0.6 is 0 Å². The fraction of sp³-hybridized carbons (Fsp3) is 0.176. The van der Waals surface area contributed by atoms with E-state index in [-0.39, 0.29) is 12.3 Å². The predicted octanol–water partition coefficient (Wildman–Crippen LogP) is 3.90. The number of carbonyl (C=O) groups excluding carboxylic acids is 2. The van der Waals surface area contributed by atoms with Crippen LogP contribution in [-0.2, 0) is 15.7 Å². The van der Waals surface area contributed by atoms with Gasteiger partial charge >= 0.3 is 12.3 Å². The Labute approximate surface area is 146 Å². The van der Waals surface area contributed by atoms with E-state index in [0.717, 1.165) is 24.3 Å². The van der Waals surface area contributed by atoms with Crippen molar-refractivity contribution in [2.24, 2.45) is 0 Å². The van der Waals surface area contributed by atoms with Crippen LogP contribution in [0.1, 0.15) is 5.56 Å². The molecule has 0 heterocycles. The Balaban J connectivity index is 1.84. The monoisotopic (exact) mass is 368 g/mol. The van der Waals surface area contributed by atoms with Crippen LogP contribution in [0, 0.1) is 0 Å². The highest BCUT2D eigenvalue weighted by Gasteiger charge is 2.29. The molecule has 0 fully saturated rings. The van der Waals surface area contributed by atoms with Gasteiger partial charge in [-0.15, -0.1) is 0 Å². The van der Waals surface area contributed by atoms with Crippen molar-refractivity contribution in [2.45, 2.75) is 6.18 Å². The summed E-state index contributed by atoms with van der Waals surface area (Å²) in [6, 6.07) is 10.3. The molecule has 0 aliphatic carbocycles. The van der Waals surface area contributed by atoms with Gasteiger partial charge in [0.05, 0.1) is 12.7 Å². The smallest absolute Gasteiger partial charge is 0.416 e. The lowest BCUT2D eigenvalue weighted by molar-refractivity contribution is -0.137. The predicted molar refractivity (Wildman–Crippen MR) is 88.0 cm³/mol. The minimum Gasteiger partial charge on any atom is -0.484 e. The van der Waals surface area contributed by atoms with Gasteiger partial charge in [0.15, 0.2) is 6.61 Å². The second-order valence-electron chi connectivity index (χ2n) is 5.05. The molecule has 0 radical (unpaired) electrons. The molecule has 0 aromatic heterocycles. The van der Waals surface area contributed by atoms with Gasteiger partial charge in [-0.25, -0.2) is 4.79 Å². The molecular weight excluding hydrogens is 353 g/mol. The maximum atomic E-state index is 12.5. The van der Waals surface area contributed by atoms with Crippen LogP contribution in [0.15, 0.2) is 48.5 Å². The van der Waals surface area contributed by atoms with Gasteiger partial charge in [0.1, 0.15) is 5.75 Å². The molecule has 9 heteroatoms. The standard InChI is InChI=1S/C17H15F3N2O4/c1-25-16(24)22-13-6-8-14(9-7-13)26-10-15(23)21-12-4-2-11(3-5-12)17(18,19)20/h2-9H,10H2,1H3,(H,21,23)(H,22,24). The summed E-state index contributed by atoms with van der Waals surface area (Å²) in [4.78, 5) is 22.8. The van der Waals surface area contributed by atoms with Crippen LogP contribution in [0.2, 0.25) is 0 Å². The number of hydrogen-bond acceptors (Lipinski definition) is 4. The molecule has 2 aromatic carbocycles. The molecular formula is C17H15F3N2O4. The molecule has 0 unspecified atom stereocenters. The Kier molecular flexibility index (Phi) is 6.05. The first kappa shape index (κ1) is 19.1. The molecule has 0 bridgehead atoms. The van der Waals surface area contributed by atoms with E-state index in [2.05, 4.69) is 15.4 Å². The van der Waals surface area contributed by atoms with E-state index >= 15 is 0 Å². The minimum atomic E-state index is -4.43. The molecule has 0 spiro atoms. The molecule has 0 saturated heterocycles. The van der Waals surface area contributed by atoms with Crippen molar-refractivity contribution in [2.75, 3.05) is 24.4 Å². The summed E-state index contributed by atoms with van der Waals surface area (Å²) in [5, 5.41) is 4.89. The van der Waals surface area contributed by atoms with E-state index < -0.39 is 23.7 Å². The number of carbonyl (C=O) groups is 2. The molecule has 2 aromatic rings. The molecule has 0 saturated carbocycles. The number of methoxy groups -OCH3 is 1. The average molecular weight is 368 g/mol. The van der Waals surface area contributed by atoms with E-state index in [1.165, 1.54) is 19.2 Å². The molecule has 26 heavy (non-hydrogen) atoms. The number of hydrogen-bond donors (Lipinski definition) is 2. The Morgan fingerprint density at radius 1 is 0.923 bits per heavy atom. The number of alkyl halides is 3. The maximum Gasteiger partial charge on any atom is 0.416 e. The van der Waals surface area contributed by atoms with Crippen LogP contribution in [0.25, 0.3) is 0 Å². The molecule has 6 nitrogen and oxygen atoms in total. The van der Waals surface area contributed by atoms with E-state index in [0.29, 0.717) is 11.4 Å². The lowest BCUT2D eigenvalue weighted by Gasteiger charge is -2.10. The zero-order chi connectivity index (χ0) is 19.2. The Morgan fingerprint density at radius 3 is 2.00 bits per heavy atom. The first-order chi connectivity index (χ1) is 12.3. The second-order valence-corrected chi connectivity index (χ2v) is 5.05. The number of rotatable bonds is 5. The summed E-state index contributed by atoms with van der Waals surface area (Å²) in [6.45, 7) is -0.329. The van der Waals surface area contributed by atoms with Crippen LogP contribution in [0.3, 0.4) is 0 Å². The van der Waals surface area contributed by atoms with Crippen LogP contribution in [-0.4, -0.2) is 25.7 Å². The number of anilines is 2. The number of amides is 2. The van der Waals surface area contributed by atoms with Gasteiger partial charge in [-0.3, -0.25) is 10.1 Å². The normalized spacial score (nSPS) is 10.8. The lowest BCUT2D eigenvalue weighted by atomic mass is 10.2. The van der Waals surface area contributed by atoms with Crippen LogP contribution in [0.5, 0.6) is 5.75 Å². The van der Waals surface area contributed by atoms with E-state index in [1.54, 1.807) is 12.1 Å². The van der Waals surface area contributed by atoms with Gasteiger partial charge in [0.25, 0.3) is 5.91 Å². The van der Waals surface area contributed by atoms with E-state index in [9.17, 15) is 22.8 Å². The first-order valence-electron chi connectivity index (χ1n) is 7.33. The fourth-order valence-corrected chi connectivity index (χ4v) is 1.89. The van der Waals surface area contributed by atoms with Crippen LogP contribution in [0.4, 0.5) is 29.3 Å². The third kappa shape index (κ3) is 5.69. The van der Waals surface area contributed by atoms with E-state index in [4.69, 9.17) is 4.74 Å². The quantitative estimate of drug-likeness (QED) is 0.839. The maximum absolute atomic E-state index is 12.5. The van der Waals surface area contributed by atoms with Crippen LogP contribution < -0.4 is 15.4 Å². The number of halogens is 3. The highest BCUT2D eigenvalue weighted by Crippen LogP contribution is 2.29. The molecule has 2 N–H and O–H groups in total. The van der Waals surface area contributed by atoms with Crippen molar-refractivity contribution >= 4 is 23.4 Å². The SMILES string of the molecule is COC(=O)Nc1ccc(OCC(=O)Nc2ccc(C(F)(F)F)cc2)cc1. The van der Waals surface area contributed by atoms with Crippen molar-refractivity contribution in [1.82, 2.24) is 0 Å². The summed E-state index contributed by atoms with van der Waals surface area (Å²) in [5.41, 5.74) is -0.0879. The van der Waals surface area contributed by atoms with Crippen molar-refractivity contribution in [1.29, 1.82) is 0 Å². The van der Waals surface area contributed by atoms with Gasteiger partial charge in [0, 0.05) is 11.4 Å².